The van der Waals surface area contributed by atoms with Crippen LogP contribution in [-0.2, 0) is 4.79 Å². The lowest BCUT2D eigenvalue weighted by atomic mass is 10.0. The van der Waals surface area contributed by atoms with Crippen molar-refractivity contribution in [2.45, 2.75) is 18.6 Å². The van der Waals surface area contributed by atoms with Gasteiger partial charge in [0, 0.05) is 6.54 Å². The molecule has 0 aromatic heterocycles. The number of aliphatic hydroxyl groups is 1. The predicted molar refractivity (Wildman–Crippen MR) is 73.4 cm³/mol. The summed E-state index contributed by atoms with van der Waals surface area (Å²) in [5.41, 5.74) is -0.345. The number of hydrogen-bond donors (Lipinski definition) is 2. The Morgan fingerprint density at radius 2 is 2.26 bits per heavy atom. The van der Waals surface area contributed by atoms with Crippen LogP contribution in [0.2, 0.25) is 0 Å². The molecule has 1 rings (SSSR count). The van der Waals surface area contributed by atoms with Crippen LogP contribution in [0.25, 0.3) is 0 Å². The summed E-state index contributed by atoms with van der Waals surface area (Å²) in [6.07, 6.45) is 1.06. The quantitative estimate of drug-likeness (QED) is 0.606. The smallest absolute Gasteiger partial charge is 0.256 e. The Bertz CT molecular complexity index is 423. The standard InChI is InChI=1S/C13H18ClFN2O2/c1-4-9(14)12(8(2)15)13(19)16-10-5-6-17(3)7-11(10)18/h4,10-11,18H,1-2,5-7H2,3H3,(H,16,19)/b12-9-. The van der Waals surface area contributed by atoms with E-state index < -0.39 is 23.9 Å². The molecule has 1 aliphatic rings. The number of β-amino-alcohol motifs (C(OH)–C–C–N with tert-alkyl or cyclic N) is 1. The Balaban J connectivity index is 2.78. The Morgan fingerprint density at radius 3 is 2.74 bits per heavy atom. The third-order valence-corrected chi connectivity index (χ3v) is 3.36. The zero-order valence-corrected chi connectivity index (χ0v) is 11.6. The molecule has 0 spiro atoms. The maximum Gasteiger partial charge on any atom is 0.256 e. The fourth-order valence-electron chi connectivity index (χ4n) is 1.96. The number of allylic oxidation sites excluding steroid dienone is 2. The van der Waals surface area contributed by atoms with Crippen LogP contribution in [0, 0.1) is 0 Å². The van der Waals surface area contributed by atoms with Crippen molar-refractivity contribution in [2.24, 2.45) is 0 Å². The minimum atomic E-state index is -0.926. The fourth-order valence-corrected chi connectivity index (χ4v) is 2.15. The minimum absolute atomic E-state index is 0.104. The number of amides is 1. The highest BCUT2D eigenvalue weighted by Gasteiger charge is 2.29. The number of likely N-dealkylation sites (tertiary alicyclic amines) is 1. The van der Waals surface area contributed by atoms with Gasteiger partial charge < -0.3 is 15.3 Å². The van der Waals surface area contributed by atoms with Crippen LogP contribution in [0.5, 0.6) is 0 Å². The number of likely N-dealkylation sites (N-methyl/N-ethyl adjacent to an activating group) is 1. The Labute approximate surface area is 117 Å². The second-order valence-corrected chi connectivity index (χ2v) is 4.94. The normalized spacial score (nSPS) is 25.5. The molecule has 0 aromatic rings. The second kappa shape index (κ2) is 6.84. The number of nitrogens with zero attached hydrogens (tertiary/aromatic N) is 1. The number of carbonyl (C=O) groups is 1. The Morgan fingerprint density at radius 1 is 1.63 bits per heavy atom. The number of rotatable bonds is 4. The SMILES string of the molecule is C=C/C(Cl)=C(\C(=C)F)C(=O)NC1CCN(C)CC1O. The maximum absolute atomic E-state index is 13.3. The van der Waals surface area contributed by atoms with Gasteiger partial charge in [-0.3, -0.25) is 4.79 Å². The number of aliphatic hydroxyl groups excluding tert-OH is 1. The molecule has 1 fully saturated rings. The summed E-state index contributed by atoms with van der Waals surface area (Å²) >= 11 is 5.73. The van der Waals surface area contributed by atoms with Crippen molar-refractivity contribution in [3.05, 3.63) is 35.7 Å². The molecule has 2 unspecified atom stereocenters. The van der Waals surface area contributed by atoms with Crippen LogP contribution in [-0.4, -0.2) is 48.2 Å². The van der Waals surface area contributed by atoms with Crippen LogP contribution < -0.4 is 5.32 Å². The van der Waals surface area contributed by atoms with E-state index >= 15 is 0 Å². The summed E-state index contributed by atoms with van der Waals surface area (Å²) in [6.45, 7) is 7.66. The van der Waals surface area contributed by atoms with E-state index in [1.165, 1.54) is 6.08 Å². The van der Waals surface area contributed by atoms with Gasteiger partial charge in [0.2, 0.25) is 0 Å². The van der Waals surface area contributed by atoms with Gasteiger partial charge in [-0.05, 0) is 26.1 Å². The lowest BCUT2D eigenvalue weighted by molar-refractivity contribution is -0.119. The molecule has 0 saturated carbocycles. The van der Waals surface area contributed by atoms with Crippen LogP contribution in [0.15, 0.2) is 35.7 Å². The highest BCUT2D eigenvalue weighted by Crippen LogP contribution is 2.20. The van der Waals surface area contributed by atoms with E-state index in [1.54, 1.807) is 0 Å². The van der Waals surface area contributed by atoms with E-state index in [0.29, 0.717) is 13.0 Å². The van der Waals surface area contributed by atoms with Crippen molar-refractivity contribution < 1.29 is 14.3 Å². The molecular weight excluding hydrogens is 271 g/mol. The molecule has 19 heavy (non-hydrogen) atoms. The van der Waals surface area contributed by atoms with Crippen LogP contribution in [0.3, 0.4) is 0 Å². The third-order valence-electron chi connectivity index (χ3n) is 3.02. The average molecular weight is 289 g/mol. The third kappa shape index (κ3) is 4.16. The summed E-state index contributed by atoms with van der Waals surface area (Å²) < 4.78 is 13.3. The molecule has 0 bridgehead atoms. The molecule has 0 aromatic carbocycles. The molecule has 1 heterocycles. The van der Waals surface area contributed by atoms with Gasteiger partial charge in [-0.15, -0.1) is 0 Å². The zero-order chi connectivity index (χ0) is 14.6. The monoisotopic (exact) mass is 288 g/mol. The van der Waals surface area contributed by atoms with Crippen molar-refractivity contribution in [2.75, 3.05) is 20.1 Å². The number of piperidine rings is 1. The van der Waals surface area contributed by atoms with Gasteiger partial charge in [0.1, 0.15) is 5.83 Å². The molecule has 106 valence electrons. The Hall–Kier alpha value is -1.17. The molecular formula is C13H18ClFN2O2. The van der Waals surface area contributed by atoms with Crippen LogP contribution in [0.1, 0.15) is 6.42 Å². The molecule has 1 aliphatic heterocycles. The maximum atomic E-state index is 13.3. The Kier molecular flexibility index (Phi) is 5.72. The number of nitrogens with one attached hydrogen (secondary N) is 1. The van der Waals surface area contributed by atoms with Crippen LogP contribution in [0.4, 0.5) is 4.39 Å². The predicted octanol–water partition coefficient (Wildman–Crippen LogP) is 1.33. The van der Waals surface area contributed by atoms with Crippen molar-refractivity contribution in [3.8, 4) is 0 Å². The van der Waals surface area contributed by atoms with Gasteiger partial charge >= 0.3 is 0 Å². The summed E-state index contributed by atoms with van der Waals surface area (Å²) in [5, 5.41) is 12.3. The minimum Gasteiger partial charge on any atom is -0.390 e. The topological polar surface area (TPSA) is 52.6 Å². The highest BCUT2D eigenvalue weighted by atomic mass is 35.5. The van der Waals surface area contributed by atoms with Crippen LogP contribution >= 0.6 is 11.6 Å². The van der Waals surface area contributed by atoms with Gasteiger partial charge in [0.05, 0.1) is 22.8 Å². The first-order chi connectivity index (χ1) is 8.86. The summed E-state index contributed by atoms with van der Waals surface area (Å²) in [4.78, 5) is 13.9. The zero-order valence-electron chi connectivity index (χ0n) is 10.8. The van der Waals surface area contributed by atoms with Gasteiger partial charge in [-0.1, -0.05) is 24.8 Å². The lowest BCUT2D eigenvalue weighted by Gasteiger charge is -2.34. The summed E-state index contributed by atoms with van der Waals surface area (Å²) in [6, 6.07) is -0.424. The van der Waals surface area contributed by atoms with Gasteiger partial charge in [-0.2, -0.15) is 0 Å². The summed E-state index contributed by atoms with van der Waals surface area (Å²) in [7, 11) is 1.88. The van der Waals surface area contributed by atoms with E-state index in [-0.39, 0.29) is 10.6 Å². The number of carbonyl (C=O) groups excluding carboxylic acids is 1. The lowest BCUT2D eigenvalue weighted by Crippen LogP contribution is -2.53. The molecule has 2 N–H and O–H groups in total. The van der Waals surface area contributed by atoms with E-state index in [9.17, 15) is 14.3 Å². The molecule has 1 amide bonds. The van der Waals surface area contributed by atoms with Gasteiger partial charge in [0.15, 0.2) is 0 Å². The number of halogens is 2. The van der Waals surface area contributed by atoms with Gasteiger partial charge in [0.25, 0.3) is 5.91 Å². The van der Waals surface area contributed by atoms with Gasteiger partial charge in [-0.25, -0.2) is 4.39 Å². The first-order valence-corrected chi connectivity index (χ1v) is 6.29. The van der Waals surface area contributed by atoms with Crippen molar-refractivity contribution in [1.82, 2.24) is 10.2 Å². The fraction of sp³-hybridized carbons (Fsp3) is 0.462. The second-order valence-electron chi connectivity index (χ2n) is 4.53. The summed E-state index contributed by atoms with van der Waals surface area (Å²) in [5.74, 6) is -1.61. The first-order valence-electron chi connectivity index (χ1n) is 5.91. The molecule has 4 nitrogen and oxygen atoms in total. The van der Waals surface area contributed by atoms with E-state index in [1.807, 2.05) is 11.9 Å². The molecule has 0 radical (unpaired) electrons. The average Bonchev–Trinajstić information content (AvgIpc) is 2.32. The van der Waals surface area contributed by atoms with Crippen molar-refractivity contribution in [3.63, 3.8) is 0 Å². The molecule has 0 aliphatic carbocycles. The first kappa shape index (κ1) is 15.9. The van der Waals surface area contributed by atoms with Crippen molar-refractivity contribution in [1.29, 1.82) is 0 Å². The van der Waals surface area contributed by atoms with Crippen molar-refractivity contribution >= 4 is 17.5 Å². The van der Waals surface area contributed by atoms with E-state index in [2.05, 4.69) is 18.5 Å². The molecule has 6 heteroatoms. The highest BCUT2D eigenvalue weighted by molar-refractivity contribution is 6.34. The largest absolute Gasteiger partial charge is 0.390 e. The van der Waals surface area contributed by atoms with E-state index in [4.69, 9.17) is 11.6 Å². The molecule has 1 saturated heterocycles. The molecule has 2 atom stereocenters. The van der Waals surface area contributed by atoms with E-state index in [0.717, 1.165) is 6.54 Å². The number of hydrogen-bond acceptors (Lipinski definition) is 3.